The van der Waals surface area contributed by atoms with Crippen molar-refractivity contribution in [2.75, 3.05) is 0 Å². The quantitative estimate of drug-likeness (QED) is 0.440. The minimum absolute atomic E-state index is 0.0964. The summed E-state index contributed by atoms with van der Waals surface area (Å²) in [5.74, 6) is -0.287. The molecule has 1 heterocycles. The smallest absolute Gasteiger partial charge is 0.271 e. The number of halogens is 1. The van der Waals surface area contributed by atoms with Crippen LogP contribution in [0.15, 0.2) is 59.7 Å². The monoisotopic (exact) mass is 325 g/mol. The van der Waals surface area contributed by atoms with Crippen molar-refractivity contribution >= 4 is 34.6 Å². The number of amides is 1. The zero-order valence-electron chi connectivity index (χ0n) is 11.9. The van der Waals surface area contributed by atoms with Crippen LogP contribution in [-0.2, 0) is 0 Å². The number of phenols is 1. The molecule has 0 aliphatic heterocycles. The number of pyridine rings is 1. The summed E-state index contributed by atoms with van der Waals surface area (Å²) in [6, 6.07) is 15.3. The number of aromatic nitrogens is 1. The van der Waals surface area contributed by atoms with Crippen molar-refractivity contribution < 1.29 is 9.90 Å². The summed E-state index contributed by atoms with van der Waals surface area (Å²) in [6.07, 6.45) is 1.44. The van der Waals surface area contributed by atoms with Crippen molar-refractivity contribution in [3.63, 3.8) is 0 Å². The molecule has 0 atom stereocenters. The Morgan fingerprint density at radius 1 is 1.17 bits per heavy atom. The highest BCUT2D eigenvalue weighted by atomic mass is 35.5. The molecule has 0 saturated heterocycles. The van der Waals surface area contributed by atoms with Crippen molar-refractivity contribution in [2.45, 2.75) is 0 Å². The lowest BCUT2D eigenvalue weighted by Crippen LogP contribution is -2.17. The SMILES string of the molecule is O=C(N/N=C\c1cc2ccccc2nc1Cl)c1ccc(O)cc1. The third-order valence-electron chi connectivity index (χ3n) is 3.20. The number of hydrogen-bond donors (Lipinski definition) is 2. The van der Waals surface area contributed by atoms with Gasteiger partial charge in [0.15, 0.2) is 0 Å². The third-order valence-corrected chi connectivity index (χ3v) is 3.51. The maximum Gasteiger partial charge on any atom is 0.271 e. The van der Waals surface area contributed by atoms with Gasteiger partial charge < -0.3 is 5.11 Å². The van der Waals surface area contributed by atoms with Gasteiger partial charge in [-0.1, -0.05) is 29.8 Å². The molecule has 23 heavy (non-hydrogen) atoms. The largest absolute Gasteiger partial charge is 0.508 e. The first-order valence-electron chi connectivity index (χ1n) is 6.81. The van der Waals surface area contributed by atoms with E-state index in [0.717, 1.165) is 10.9 Å². The highest BCUT2D eigenvalue weighted by molar-refractivity contribution is 6.32. The van der Waals surface area contributed by atoms with E-state index < -0.39 is 0 Å². The van der Waals surface area contributed by atoms with E-state index in [4.69, 9.17) is 11.6 Å². The van der Waals surface area contributed by atoms with Crippen LogP contribution in [0.4, 0.5) is 0 Å². The van der Waals surface area contributed by atoms with Crippen LogP contribution in [0, 0.1) is 0 Å². The molecule has 1 aromatic heterocycles. The first-order chi connectivity index (χ1) is 11.1. The number of aromatic hydroxyl groups is 1. The van der Waals surface area contributed by atoms with Crippen LogP contribution in [0.2, 0.25) is 5.15 Å². The van der Waals surface area contributed by atoms with Gasteiger partial charge in [0.25, 0.3) is 5.91 Å². The molecule has 0 radical (unpaired) electrons. The first kappa shape index (κ1) is 15.0. The van der Waals surface area contributed by atoms with Crippen molar-refractivity contribution in [1.82, 2.24) is 10.4 Å². The molecule has 0 spiro atoms. The number of phenolic OH excluding ortho intramolecular Hbond substituents is 1. The normalized spacial score (nSPS) is 11.0. The number of hydrogen-bond acceptors (Lipinski definition) is 4. The van der Waals surface area contributed by atoms with Gasteiger partial charge in [-0.2, -0.15) is 5.10 Å². The standard InChI is InChI=1S/C17H12ClN3O2/c18-16-13(9-12-3-1-2-4-15(12)20-16)10-19-21-17(23)11-5-7-14(22)8-6-11/h1-10,22H,(H,21,23)/b19-10-. The maximum absolute atomic E-state index is 11.9. The number of nitrogens with zero attached hydrogens (tertiary/aromatic N) is 2. The average Bonchev–Trinajstić information content (AvgIpc) is 2.56. The fourth-order valence-corrected chi connectivity index (χ4v) is 2.23. The van der Waals surface area contributed by atoms with Gasteiger partial charge in [-0.3, -0.25) is 4.79 Å². The van der Waals surface area contributed by atoms with Crippen molar-refractivity contribution in [2.24, 2.45) is 5.10 Å². The minimum Gasteiger partial charge on any atom is -0.508 e. The van der Waals surface area contributed by atoms with E-state index in [1.807, 2.05) is 30.3 Å². The molecule has 0 unspecified atom stereocenters. The summed E-state index contributed by atoms with van der Waals surface area (Å²) in [6.45, 7) is 0. The third kappa shape index (κ3) is 3.46. The van der Waals surface area contributed by atoms with Crippen molar-refractivity contribution in [3.8, 4) is 5.75 Å². The number of rotatable bonds is 3. The molecule has 0 saturated carbocycles. The molecule has 1 amide bonds. The zero-order valence-corrected chi connectivity index (χ0v) is 12.7. The van der Waals surface area contributed by atoms with E-state index in [-0.39, 0.29) is 11.7 Å². The van der Waals surface area contributed by atoms with Crippen molar-refractivity contribution in [1.29, 1.82) is 0 Å². The summed E-state index contributed by atoms with van der Waals surface area (Å²) in [7, 11) is 0. The molecule has 2 aromatic carbocycles. The van der Waals surface area contributed by atoms with E-state index >= 15 is 0 Å². The van der Waals surface area contributed by atoms with Gasteiger partial charge in [0, 0.05) is 16.5 Å². The van der Waals surface area contributed by atoms with Gasteiger partial charge in [0.2, 0.25) is 0 Å². The van der Waals surface area contributed by atoms with Crippen LogP contribution in [0.3, 0.4) is 0 Å². The Hall–Kier alpha value is -2.92. The van der Waals surface area contributed by atoms with Gasteiger partial charge in [-0.15, -0.1) is 0 Å². The molecule has 3 rings (SSSR count). The molecular weight excluding hydrogens is 314 g/mol. The lowest BCUT2D eigenvalue weighted by atomic mass is 10.2. The minimum atomic E-state index is -0.383. The van der Waals surface area contributed by atoms with Crippen molar-refractivity contribution in [3.05, 3.63) is 70.9 Å². The Bertz CT molecular complexity index is 892. The van der Waals surface area contributed by atoms with E-state index in [2.05, 4.69) is 15.5 Å². The topological polar surface area (TPSA) is 74.6 Å². The highest BCUT2D eigenvalue weighted by Crippen LogP contribution is 2.18. The maximum atomic E-state index is 11.9. The lowest BCUT2D eigenvalue weighted by molar-refractivity contribution is 0.0955. The van der Waals surface area contributed by atoms with Crippen LogP contribution >= 0.6 is 11.6 Å². The number of para-hydroxylation sites is 1. The summed E-state index contributed by atoms with van der Waals surface area (Å²) in [4.78, 5) is 16.2. The van der Waals surface area contributed by atoms with Crippen LogP contribution in [0.25, 0.3) is 10.9 Å². The number of nitrogens with one attached hydrogen (secondary N) is 1. The summed E-state index contributed by atoms with van der Waals surface area (Å²) in [5, 5.41) is 14.3. The van der Waals surface area contributed by atoms with Crippen LogP contribution < -0.4 is 5.43 Å². The van der Waals surface area contributed by atoms with Gasteiger partial charge in [-0.05, 0) is 36.4 Å². The van der Waals surface area contributed by atoms with Crippen LogP contribution in [-0.4, -0.2) is 22.2 Å². The number of hydrazone groups is 1. The molecule has 0 aliphatic carbocycles. The molecule has 6 heteroatoms. The second-order valence-corrected chi connectivity index (χ2v) is 5.17. The predicted molar refractivity (Wildman–Crippen MR) is 89.9 cm³/mol. The summed E-state index contributed by atoms with van der Waals surface area (Å²) >= 11 is 6.11. The molecule has 3 aromatic rings. The molecule has 0 aliphatic rings. The fraction of sp³-hybridized carbons (Fsp3) is 0. The van der Waals surface area contributed by atoms with E-state index in [1.165, 1.54) is 30.5 Å². The first-order valence-corrected chi connectivity index (χ1v) is 7.19. The van der Waals surface area contributed by atoms with Gasteiger partial charge in [0.1, 0.15) is 10.9 Å². The molecule has 114 valence electrons. The molecule has 0 bridgehead atoms. The van der Waals surface area contributed by atoms with Crippen LogP contribution in [0.5, 0.6) is 5.75 Å². The zero-order chi connectivity index (χ0) is 16.2. The Labute approximate surface area is 137 Å². The van der Waals surface area contributed by atoms with Gasteiger partial charge in [-0.25, -0.2) is 10.4 Å². The lowest BCUT2D eigenvalue weighted by Gasteiger charge is -2.02. The molecule has 0 fully saturated rings. The van der Waals surface area contributed by atoms with E-state index in [0.29, 0.717) is 16.3 Å². The Morgan fingerprint density at radius 2 is 1.91 bits per heavy atom. The fourth-order valence-electron chi connectivity index (χ4n) is 2.04. The number of carbonyl (C=O) groups is 1. The highest BCUT2D eigenvalue weighted by Gasteiger charge is 2.05. The van der Waals surface area contributed by atoms with Crippen LogP contribution in [0.1, 0.15) is 15.9 Å². The van der Waals surface area contributed by atoms with Gasteiger partial charge >= 0.3 is 0 Å². The Morgan fingerprint density at radius 3 is 2.70 bits per heavy atom. The Balaban J connectivity index is 1.76. The molecule has 2 N–H and O–H groups in total. The predicted octanol–water partition coefficient (Wildman–Crippen LogP) is 3.36. The van der Waals surface area contributed by atoms with Gasteiger partial charge in [0.05, 0.1) is 11.7 Å². The summed E-state index contributed by atoms with van der Waals surface area (Å²) < 4.78 is 0. The number of fused-ring (bicyclic) bond motifs is 1. The Kier molecular flexibility index (Phi) is 4.21. The van der Waals surface area contributed by atoms with E-state index in [9.17, 15) is 9.90 Å². The number of benzene rings is 2. The number of carbonyl (C=O) groups excluding carboxylic acids is 1. The molecule has 5 nitrogen and oxygen atoms in total. The van der Waals surface area contributed by atoms with E-state index in [1.54, 1.807) is 0 Å². The second kappa shape index (κ2) is 6.46. The average molecular weight is 326 g/mol. The second-order valence-electron chi connectivity index (χ2n) is 4.81. The summed E-state index contributed by atoms with van der Waals surface area (Å²) in [5.41, 5.74) is 4.20. The molecular formula is C17H12ClN3O2.